The molecule has 0 N–H and O–H groups in total. The van der Waals surface area contributed by atoms with Gasteiger partial charge < -0.3 is 4.90 Å². The first-order chi connectivity index (χ1) is 9.62. The Kier molecular flexibility index (Phi) is 7.75. The predicted octanol–water partition coefficient (Wildman–Crippen LogP) is 3.81. The van der Waals surface area contributed by atoms with Crippen molar-refractivity contribution >= 4 is 18.5 Å². The average molecular weight is 293 g/mol. The summed E-state index contributed by atoms with van der Waals surface area (Å²) in [6, 6.07) is 10.1. The van der Waals surface area contributed by atoms with Crippen LogP contribution in [0.1, 0.15) is 39.2 Å². The molecular weight excluding hydrogens is 266 g/mol. The maximum Gasteiger partial charge on any atom is 0.235 e. The second-order valence-corrected chi connectivity index (χ2v) is 5.89. The number of rotatable bonds is 8. The van der Waals surface area contributed by atoms with E-state index in [0.29, 0.717) is 12.3 Å². The molecule has 0 spiro atoms. The summed E-state index contributed by atoms with van der Waals surface area (Å²) < 4.78 is 0. The highest BCUT2D eigenvalue weighted by Crippen LogP contribution is 2.14. The van der Waals surface area contributed by atoms with Gasteiger partial charge in [-0.05, 0) is 24.8 Å². The fourth-order valence-electron chi connectivity index (χ4n) is 2.37. The van der Waals surface area contributed by atoms with Crippen LogP contribution in [0.2, 0.25) is 0 Å². The zero-order chi connectivity index (χ0) is 15.0. The van der Waals surface area contributed by atoms with Crippen molar-refractivity contribution in [3.8, 4) is 0 Å². The molecule has 1 aromatic carbocycles. The molecule has 0 aromatic heterocycles. The van der Waals surface area contributed by atoms with Crippen LogP contribution in [0.3, 0.4) is 0 Å². The Bertz CT molecular complexity index is 389. The van der Waals surface area contributed by atoms with Crippen molar-refractivity contribution in [1.29, 1.82) is 0 Å². The van der Waals surface area contributed by atoms with Crippen LogP contribution in [-0.4, -0.2) is 29.1 Å². The van der Waals surface area contributed by atoms with Gasteiger partial charge in [-0.25, -0.2) is 0 Å². The van der Waals surface area contributed by atoms with E-state index in [4.69, 9.17) is 0 Å². The maximum absolute atomic E-state index is 12.5. The molecule has 0 aliphatic rings. The van der Waals surface area contributed by atoms with Crippen LogP contribution in [0.15, 0.2) is 30.3 Å². The lowest BCUT2D eigenvalue weighted by atomic mass is 10.0. The van der Waals surface area contributed by atoms with Gasteiger partial charge in [0.2, 0.25) is 5.91 Å². The lowest BCUT2D eigenvalue weighted by molar-refractivity contribution is -0.131. The molecule has 0 fully saturated rings. The lowest BCUT2D eigenvalue weighted by Gasteiger charge is -2.27. The van der Waals surface area contributed by atoms with E-state index < -0.39 is 0 Å². The monoisotopic (exact) mass is 293 g/mol. The molecule has 1 aromatic rings. The van der Waals surface area contributed by atoms with Gasteiger partial charge in [-0.15, -0.1) is 0 Å². The largest absolute Gasteiger partial charge is 0.342 e. The normalized spacial score (nSPS) is 12.4. The molecule has 0 radical (unpaired) electrons. The summed E-state index contributed by atoms with van der Waals surface area (Å²) in [4.78, 5) is 14.5. The van der Waals surface area contributed by atoms with Gasteiger partial charge in [-0.3, -0.25) is 4.79 Å². The van der Waals surface area contributed by atoms with E-state index in [-0.39, 0.29) is 11.2 Å². The third-order valence-electron chi connectivity index (χ3n) is 3.88. The number of carbonyl (C=O) groups excluding carboxylic acids is 1. The molecule has 1 rings (SSSR count). The molecule has 20 heavy (non-hydrogen) atoms. The van der Waals surface area contributed by atoms with Gasteiger partial charge in [0.15, 0.2) is 0 Å². The number of thiol groups is 1. The number of hydrogen-bond donors (Lipinski definition) is 1. The van der Waals surface area contributed by atoms with Crippen LogP contribution in [-0.2, 0) is 11.2 Å². The Hall–Kier alpha value is -0.960. The van der Waals surface area contributed by atoms with Gasteiger partial charge in [-0.1, -0.05) is 57.0 Å². The summed E-state index contributed by atoms with van der Waals surface area (Å²) in [7, 11) is 0. The summed E-state index contributed by atoms with van der Waals surface area (Å²) in [5, 5.41) is -0.244. The SMILES string of the molecule is CCC(CC)CN(CC)C(=O)C(S)Cc1ccccc1. The third-order valence-corrected chi connectivity index (χ3v) is 4.29. The highest BCUT2D eigenvalue weighted by atomic mass is 32.1. The summed E-state index contributed by atoms with van der Waals surface area (Å²) >= 11 is 4.52. The van der Waals surface area contributed by atoms with Crippen LogP contribution in [0.4, 0.5) is 0 Å². The molecule has 0 saturated heterocycles. The van der Waals surface area contributed by atoms with E-state index in [1.165, 1.54) is 5.56 Å². The van der Waals surface area contributed by atoms with E-state index in [2.05, 4.69) is 26.5 Å². The van der Waals surface area contributed by atoms with Gasteiger partial charge in [0.1, 0.15) is 0 Å². The third kappa shape index (κ3) is 5.20. The fraction of sp³-hybridized carbons (Fsp3) is 0.588. The van der Waals surface area contributed by atoms with Gasteiger partial charge >= 0.3 is 0 Å². The number of amides is 1. The van der Waals surface area contributed by atoms with E-state index in [1.807, 2.05) is 42.2 Å². The van der Waals surface area contributed by atoms with E-state index in [0.717, 1.165) is 25.9 Å². The smallest absolute Gasteiger partial charge is 0.235 e. The molecule has 2 nitrogen and oxygen atoms in total. The topological polar surface area (TPSA) is 20.3 Å². The highest BCUT2D eigenvalue weighted by Gasteiger charge is 2.22. The molecule has 3 heteroatoms. The summed E-state index contributed by atoms with van der Waals surface area (Å²) in [6.45, 7) is 8.04. The van der Waals surface area contributed by atoms with Crippen molar-refractivity contribution in [2.45, 2.75) is 45.3 Å². The highest BCUT2D eigenvalue weighted by molar-refractivity contribution is 7.81. The Labute approximate surface area is 129 Å². The van der Waals surface area contributed by atoms with Crippen molar-refractivity contribution in [3.05, 3.63) is 35.9 Å². The molecule has 1 amide bonds. The standard InChI is InChI=1S/C17H27NOS/c1-4-14(5-2)13-18(6-3)17(19)16(20)12-15-10-8-7-9-11-15/h7-11,14,16,20H,4-6,12-13H2,1-3H3. The summed E-state index contributed by atoms with van der Waals surface area (Å²) in [5.74, 6) is 0.753. The van der Waals surface area contributed by atoms with Crippen molar-refractivity contribution in [1.82, 2.24) is 4.90 Å². The Morgan fingerprint density at radius 2 is 1.75 bits per heavy atom. The Balaban J connectivity index is 2.61. The van der Waals surface area contributed by atoms with E-state index in [1.54, 1.807) is 0 Å². The molecule has 0 saturated carbocycles. The quantitative estimate of drug-likeness (QED) is 0.723. The zero-order valence-corrected chi connectivity index (χ0v) is 13.8. The Morgan fingerprint density at radius 3 is 2.25 bits per heavy atom. The van der Waals surface area contributed by atoms with Crippen LogP contribution < -0.4 is 0 Å². The molecule has 0 aliphatic heterocycles. The van der Waals surface area contributed by atoms with Gasteiger partial charge in [0.05, 0.1) is 5.25 Å². The maximum atomic E-state index is 12.5. The van der Waals surface area contributed by atoms with Crippen LogP contribution in [0.25, 0.3) is 0 Å². The summed E-state index contributed by atoms with van der Waals surface area (Å²) in [5.41, 5.74) is 1.17. The fourth-order valence-corrected chi connectivity index (χ4v) is 2.74. The van der Waals surface area contributed by atoms with Gasteiger partial charge in [0, 0.05) is 13.1 Å². The number of benzene rings is 1. The van der Waals surface area contributed by atoms with Gasteiger partial charge in [-0.2, -0.15) is 12.6 Å². The first kappa shape index (κ1) is 17.1. The van der Waals surface area contributed by atoms with Crippen molar-refractivity contribution in [2.75, 3.05) is 13.1 Å². The average Bonchev–Trinajstić information content (AvgIpc) is 2.49. The van der Waals surface area contributed by atoms with Crippen molar-refractivity contribution in [3.63, 3.8) is 0 Å². The molecular formula is C17H27NOS. The molecule has 112 valence electrons. The first-order valence-electron chi connectivity index (χ1n) is 7.63. The zero-order valence-electron chi connectivity index (χ0n) is 12.9. The molecule has 0 bridgehead atoms. The molecule has 1 unspecified atom stereocenters. The lowest BCUT2D eigenvalue weighted by Crippen LogP contribution is -2.40. The van der Waals surface area contributed by atoms with Crippen LogP contribution in [0.5, 0.6) is 0 Å². The minimum Gasteiger partial charge on any atom is -0.342 e. The Morgan fingerprint density at radius 1 is 1.15 bits per heavy atom. The first-order valence-corrected chi connectivity index (χ1v) is 8.14. The van der Waals surface area contributed by atoms with Crippen molar-refractivity contribution in [2.24, 2.45) is 5.92 Å². The molecule has 0 heterocycles. The molecule has 0 aliphatic carbocycles. The van der Waals surface area contributed by atoms with Crippen molar-refractivity contribution < 1.29 is 4.79 Å². The second-order valence-electron chi connectivity index (χ2n) is 5.26. The minimum absolute atomic E-state index is 0.159. The van der Waals surface area contributed by atoms with E-state index >= 15 is 0 Å². The number of hydrogen-bond acceptors (Lipinski definition) is 2. The van der Waals surface area contributed by atoms with Gasteiger partial charge in [0.25, 0.3) is 0 Å². The molecule has 1 atom stereocenters. The number of nitrogens with zero attached hydrogens (tertiary/aromatic N) is 1. The van der Waals surface area contributed by atoms with Crippen LogP contribution >= 0.6 is 12.6 Å². The van der Waals surface area contributed by atoms with E-state index in [9.17, 15) is 4.79 Å². The predicted molar refractivity (Wildman–Crippen MR) is 89.2 cm³/mol. The number of carbonyl (C=O) groups is 1. The van der Waals surface area contributed by atoms with Crippen LogP contribution in [0, 0.1) is 5.92 Å². The second kappa shape index (κ2) is 9.06. The summed E-state index contributed by atoms with van der Waals surface area (Å²) in [6.07, 6.45) is 2.94. The minimum atomic E-state index is -0.244.